The van der Waals surface area contributed by atoms with Crippen LogP contribution in [0.15, 0.2) is 48.5 Å². The van der Waals surface area contributed by atoms with E-state index in [1.54, 1.807) is 31.2 Å². The van der Waals surface area contributed by atoms with Crippen molar-refractivity contribution in [2.24, 2.45) is 0 Å². The van der Waals surface area contributed by atoms with Gasteiger partial charge in [-0.05, 0) is 41.8 Å². The monoisotopic (exact) mass is 479 g/mol. The number of ether oxygens (including phenoxy) is 1. The predicted octanol–water partition coefficient (Wildman–Crippen LogP) is 3.03. The molecule has 0 aliphatic carbocycles. The van der Waals surface area contributed by atoms with Gasteiger partial charge in [0.1, 0.15) is 6.04 Å². The van der Waals surface area contributed by atoms with Gasteiger partial charge < -0.3 is 10.1 Å². The number of carbonyl (C=O) groups excluding carboxylic acids is 1. The Kier molecular flexibility index (Phi) is 8.53. The number of anilines is 1. The zero-order valence-electron chi connectivity index (χ0n) is 18.5. The molecule has 0 saturated carbocycles. The number of sulfonamides is 1. The van der Waals surface area contributed by atoms with Gasteiger partial charge >= 0.3 is 0 Å². The van der Waals surface area contributed by atoms with E-state index in [-0.39, 0.29) is 5.91 Å². The molecule has 1 aliphatic rings. The van der Waals surface area contributed by atoms with Crippen molar-refractivity contribution in [2.75, 3.05) is 36.9 Å². The summed E-state index contributed by atoms with van der Waals surface area (Å²) in [5.74, 6) is -0.342. The SMILES string of the molecule is CCC(C(=O)NCc1ccc(CN2CCOCC2)cc1)N(c1ccc(Cl)cc1)S(C)(=O)=O. The third-order valence-electron chi connectivity index (χ3n) is 5.41. The first-order valence-corrected chi connectivity index (χ1v) is 12.9. The lowest BCUT2D eigenvalue weighted by Gasteiger charge is -2.30. The summed E-state index contributed by atoms with van der Waals surface area (Å²) in [6.45, 7) is 6.39. The minimum atomic E-state index is -3.67. The lowest BCUT2D eigenvalue weighted by atomic mass is 10.1. The average molecular weight is 480 g/mol. The Labute approximate surface area is 195 Å². The molecule has 2 aromatic carbocycles. The number of nitrogens with one attached hydrogen (secondary N) is 1. The van der Waals surface area contributed by atoms with Gasteiger partial charge in [-0.1, -0.05) is 42.8 Å². The Morgan fingerprint density at radius 1 is 1.09 bits per heavy atom. The minimum absolute atomic E-state index is 0.325. The molecule has 1 saturated heterocycles. The van der Waals surface area contributed by atoms with Crippen LogP contribution in [0.1, 0.15) is 24.5 Å². The van der Waals surface area contributed by atoms with E-state index in [0.29, 0.717) is 23.7 Å². The summed E-state index contributed by atoms with van der Waals surface area (Å²) in [5.41, 5.74) is 2.57. The molecule has 0 bridgehead atoms. The van der Waals surface area contributed by atoms with Crippen molar-refractivity contribution in [3.8, 4) is 0 Å². The maximum atomic E-state index is 12.9. The molecule has 1 atom stereocenters. The highest BCUT2D eigenvalue weighted by Gasteiger charge is 2.31. The van der Waals surface area contributed by atoms with Crippen molar-refractivity contribution in [3.05, 3.63) is 64.7 Å². The van der Waals surface area contributed by atoms with Crippen LogP contribution in [-0.4, -0.2) is 57.8 Å². The van der Waals surface area contributed by atoms with Gasteiger partial charge in [0.15, 0.2) is 0 Å². The first-order valence-electron chi connectivity index (χ1n) is 10.7. The number of morpholine rings is 1. The van der Waals surface area contributed by atoms with Gasteiger partial charge in [-0.2, -0.15) is 0 Å². The van der Waals surface area contributed by atoms with Crippen molar-refractivity contribution in [1.29, 1.82) is 0 Å². The van der Waals surface area contributed by atoms with Crippen LogP contribution in [0, 0.1) is 0 Å². The standard InChI is InChI=1S/C23H30ClN3O4S/c1-3-22(27(32(2,29)30)21-10-8-20(24)9-11-21)23(28)25-16-18-4-6-19(7-5-18)17-26-12-14-31-15-13-26/h4-11,22H,3,12-17H2,1-2H3,(H,25,28). The second kappa shape index (κ2) is 11.1. The third kappa shape index (κ3) is 6.68. The van der Waals surface area contributed by atoms with Crippen LogP contribution in [0.2, 0.25) is 5.02 Å². The molecule has 3 rings (SSSR count). The molecule has 7 nitrogen and oxygen atoms in total. The van der Waals surface area contributed by atoms with Crippen molar-refractivity contribution in [2.45, 2.75) is 32.5 Å². The molecule has 1 unspecified atom stereocenters. The van der Waals surface area contributed by atoms with E-state index in [4.69, 9.17) is 16.3 Å². The van der Waals surface area contributed by atoms with Crippen LogP contribution < -0.4 is 9.62 Å². The molecule has 0 aromatic heterocycles. The molecule has 1 amide bonds. The predicted molar refractivity (Wildman–Crippen MR) is 127 cm³/mol. The van der Waals surface area contributed by atoms with Crippen molar-refractivity contribution >= 4 is 33.2 Å². The zero-order chi connectivity index (χ0) is 23.1. The van der Waals surface area contributed by atoms with E-state index in [1.807, 2.05) is 12.1 Å². The second-order valence-electron chi connectivity index (χ2n) is 7.88. The normalized spacial score (nSPS) is 15.8. The van der Waals surface area contributed by atoms with E-state index in [1.165, 1.54) is 5.56 Å². The third-order valence-corrected chi connectivity index (χ3v) is 6.84. The minimum Gasteiger partial charge on any atom is -0.379 e. The first-order chi connectivity index (χ1) is 15.3. The average Bonchev–Trinajstić information content (AvgIpc) is 2.77. The van der Waals surface area contributed by atoms with Gasteiger partial charge in [0.25, 0.3) is 0 Å². The molecule has 2 aromatic rings. The number of hydrogen-bond acceptors (Lipinski definition) is 5. The van der Waals surface area contributed by atoms with Gasteiger partial charge in [0, 0.05) is 31.2 Å². The molecule has 32 heavy (non-hydrogen) atoms. The van der Waals surface area contributed by atoms with Gasteiger partial charge in [0.05, 0.1) is 25.2 Å². The van der Waals surface area contributed by atoms with E-state index in [0.717, 1.165) is 49.0 Å². The van der Waals surface area contributed by atoms with E-state index >= 15 is 0 Å². The summed E-state index contributed by atoms with van der Waals surface area (Å²) in [6.07, 6.45) is 1.44. The van der Waals surface area contributed by atoms with Crippen LogP contribution in [0.25, 0.3) is 0 Å². The number of halogens is 1. The van der Waals surface area contributed by atoms with Crippen LogP contribution in [-0.2, 0) is 32.6 Å². The fourth-order valence-corrected chi connectivity index (χ4v) is 5.07. The van der Waals surface area contributed by atoms with Crippen LogP contribution in [0.4, 0.5) is 5.69 Å². The summed E-state index contributed by atoms with van der Waals surface area (Å²) < 4.78 is 31.5. The van der Waals surface area contributed by atoms with Crippen LogP contribution in [0.3, 0.4) is 0 Å². The van der Waals surface area contributed by atoms with Gasteiger partial charge in [-0.15, -0.1) is 0 Å². The fourth-order valence-electron chi connectivity index (χ4n) is 3.74. The molecule has 9 heteroatoms. The Hall–Kier alpha value is -2.13. The first kappa shape index (κ1) is 24.5. The molecule has 1 aliphatic heterocycles. The number of hydrogen-bond donors (Lipinski definition) is 1. The Bertz CT molecular complexity index is 991. The molecule has 0 spiro atoms. The van der Waals surface area contributed by atoms with E-state index < -0.39 is 16.1 Å². The van der Waals surface area contributed by atoms with Gasteiger partial charge in [0.2, 0.25) is 15.9 Å². The number of benzene rings is 2. The van der Waals surface area contributed by atoms with E-state index in [2.05, 4.69) is 22.3 Å². The van der Waals surface area contributed by atoms with Crippen molar-refractivity contribution in [3.63, 3.8) is 0 Å². The highest BCUT2D eigenvalue weighted by molar-refractivity contribution is 7.92. The largest absolute Gasteiger partial charge is 0.379 e. The number of rotatable bonds is 9. The number of carbonyl (C=O) groups is 1. The maximum Gasteiger partial charge on any atom is 0.244 e. The molecule has 0 radical (unpaired) electrons. The molecular weight excluding hydrogens is 450 g/mol. The summed E-state index contributed by atoms with van der Waals surface area (Å²) in [4.78, 5) is 15.3. The lowest BCUT2D eigenvalue weighted by Crippen LogP contribution is -2.49. The molecule has 1 N–H and O–H groups in total. The van der Waals surface area contributed by atoms with Gasteiger partial charge in [-0.3, -0.25) is 14.0 Å². The number of nitrogens with zero attached hydrogens (tertiary/aromatic N) is 2. The topological polar surface area (TPSA) is 79.0 Å². The van der Waals surface area contributed by atoms with Crippen LogP contribution >= 0.6 is 11.6 Å². The smallest absolute Gasteiger partial charge is 0.244 e. The Morgan fingerprint density at radius 3 is 2.25 bits per heavy atom. The van der Waals surface area contributed by atoms with Crippen molar-refractivity contribution in [1.82, 2.24) is 10.2 Å². The molecule has 174 valence electrons. The summed E-state index contributed by atoms with van der Waals surface area (Å²) in [6, 6.07) is 13.7. The van der Waals surface area contributed by atoms with Gasteiger partial charge in [-0.25, -0.2) is 8.42 Å². The molecule has 1 fully saturated rings. The summed E-state index contributed by atoms with van der Waals surface area (Å²) >= 11 is 5.93. The highest BCUT2D eigenvalue weighted by Crippen LogP contribution is 2.24. The number of amides is 1. The second-order valence-corrected chi connectivity index (χ2v) is 10.2. The highest BCUT2D eigenvalue weighted by atomic mass is 35.5. The van der Waals surface area contributed by atoms with E-state index in [9.17, 15) is 13.2 Å². The maximum absolute atomic E-state index is 12.9. The Morgan fingerprint density at radius 2 is 1.69 bits per heavy atom. The fraction of sp³-hybridized carbons (Fsp3) is 0.435. The summed E-state index contributed by atoms with van der Waals surface area (Å²) in [5, 5.41) is 3.38. The lowest BCUT2D eigenvalue weighted by molar-refractivity contribution is -0.122. The van der Waals surface area contributed by atoms with Crippen LogP contribution in [0.5, 0.6) is 0 Å². The molecular formula is C23H30ClN3O4S. The van der Waals surface area contributed by atoms with Crippen molar-refractivity contribution < 1.29 is 17.9 Å². The summed E-state index contributed by atoms with van der Waals surface area (Å²) in [7, 11) is -3.67. The molecule has 1 heterocycles. The zero-order valence-corrected chi connectivity index (χ0v) is 20.0. The Balaban J connectivity index is 1.64. The quantitative estimate of drug-likeness (QED) is 0.598.